The van der Waals surface area contributed by atoms with Crippen LogP contribution in [0.15, 0.2) is 24.4 Å². The predicted octanol–water partition coefficient (Wildman–Crippen LogP) is 3.12. The first-order valence-electron chi connectivity index (χ1n) is 3.69. The van der Waals surface area contributed by atoms with Crippen molar-refractivity contribution in [1.29, 1.82) is 0 Å². The maximum Gasteiger partial charge on any atom is 0.0406 e. The van der Waals surface area contributed by atoms with Gasteiger partial charge in [0.25, 0.3) is 0 Å². The topological polar surface area (TPSA) is 12.9 Å². The Labute approximate surface area is 86.4 Å². The van der Waals surface area contributed by atoms with Gasteiger partial charge in [0.2, 0.25) is 0 Å². The van der Waals surface area contributed by atoms with E-state index in [4.69, 9.17) is 0 Å². The van der Waals surface area contributed by atoms with Crippen LogP contribution in [0.3, 0.4) is 0 Å². The lowest BCUT2D eigenvalue weighted by Gasteiger charge is -2.01. The molecule has 0 bridgehead atoms. The average Bonchev–Trinajstić information content (AvgIpc) is 1.88. The fourth-order valence-corrected chi connectivity index (χ4v) is 0.937. The highest BCUT2D eigenvalue weighted by molar-refractivity contribution is 5.85. The van der Waals surface area contributed by atoms with Gasteiger partial charge in [0.1, 0.15) is 0 Å². The largest absolute Gasteiger partial charge is 0.261 e. The smallest absolute Gasteiger partial charge is 0.0406 e. The van der Waals surface area contributed by atoms with Crippen LogP contribution < -0.4 is 0 Å². The minimum atomic E-state index is 0. The van der Waals surface area contributed by atoms with Gasteiger partial charge < -0.3 is 0 Å². The van der Waals surface area contributed by atoms with Crippen molar-refractivity contribution < 1.29 is 0 Å². The second-order valence-electron chi connectivity index (χ2n) is 2.92. The Morgan fingerprint density at radius 3 is 2.33 bits per heavy atom. The lowest BCUT2D eigenvalue weighted by Crippen LogP contribution is -1.95. The molecule has 1 rings (SSSR count). The van der Waals surface area contributed by atoms with Crippen molar-refractivity contribution in [2.75, 3.05) is 0 Å². The Balaban J connectivity index is 0. The number of aromatic nitrogens is 1. The summed E-state index contributed by atoms with van der Waals surface area (Å²) in [6.45, 7) is 4.41. The molecular weight excluding hydrogens is 193 g/mol. The standard InChI is InChI=1S/C9H13N.2ClH/c1-8(2)7-9-5-3-4-6-10-9;;/h3-6,8H,7H2,1-2H3;2*1H. The van der Waals surface area contributed by atoms with E-state index in [2.05, 4.69) is 24.9 Å². The zero-order valence-electron chi connectivity index (χ0n) is 7.36. The summed E-state index contributed by atoms with van der Waals surface area (Å²) in [5.41, 5.74) is 1.19. The summed E-state index contributed by atoms with van der Waals surface area (Å²) in [5.74, 6) is 0.704. The van der Waals surface area contributed by atoms with Crippen LogP contribution >= 0.6 is 24.8 Å². The van der Waals surface area contributed by atoms with Crippen LogP contribution in [0.2, 0.25) is 0 Å². The van der Waals surface area contributed by atoms with Crippen LogP contribution in [0.4, 0.5) is 0 Å². The molecule has 3 heteroatoms. The normalized spacial score (nSPS) is 8.58. The van der Waals surface area contributed by atoms with E-state index in [9.17, 15) is 0 Å². The molecule has 1 aromatic rings. The van der Waals surface area contributed by atoms with Crippen LogP contribution in [-0.2, 0) is 6.42 Å². The molecule has 1 heterocycles. The molecule has 1 aromatic heterocycles. The molecule has 70 valence electrons. The van der Waals surface area contributed by atoms with E-state index < -0.39 is 0 Å². The summed E-state index contributed by atoms with van der Waals surface area (Å²) in [5, 5.41) is 0. The lowest BCUT2D eigenvalue weighted by atomic mass is 10.1. The van der Waals surface area contributed by atoms with Gasteiger partial charge >= 0.3 is 0 Å². The van der Waals surface area contributed by atoms with Crippen molar-refractivity contribution in [2.45, 2.75) is 20.3 Å². The fraction of sp³-hybridized carbons (Fsp3) is 0.444. The van der Waals surface area contributed by atoms with E-state index >= 15 is 0 Å². The van der Waals surface area contributed by atoms with Crippen molar-refractivity contribution in [3.63, 3.8) is 0 Å². The van der Waals surface area contributed by atoms with Crippen LogP contribution in [0.25, 0.3) is 0 Å². The number of hydrogen-bond acceptors (Lipinski definition) is 1. The molecule has 0 fully saturated rings. The SMILES string of the molecule is CC(C)Cc1ccccn1.Cl.Cl. The second kappa shape index (κ2) is 7.38. The Morgan fingerprint density at radius 2 is 1.92 bits per heavy atom. The summed E-state index contributed by atoms with van der Waals surface area (Å²) < 4.78 is 0. The summed E-state index contributed by atoms with van der Waals surface area (Å²) in [6, 6.07) is 6.05. The molecule has 0 amide bonds. The van der Waals surface area contributed by atoms with Gasteiger partial charge in [-0.2, -0.15) is 0 Å². The molecule has 0 saturated heterocycles. The molecule has 0 N–H and O–H groups in total. The quantitative estimate of drug-likeness (QED) is 0.727. The average molecular weight is 208 g/mol. The number of halogens is 2. The van der Waals surface area contributed by atoms with Crippen LogP contribution in [0.1, 0.15) is 19.5 Å². The highest BCUT2D eigenvalue weighted by Gasteiger charge is 1.95. The van der Waals surface area contributed by atoms with Gasteiger partial charge in [-0.05, 0) is 24.5 Å². The predicted molar refractivity (Wildman–Crippen MR) is 57.3 cm³/mol. The molecule has 1 nitrogen and oxygen atoms in total. The summed E-state index contributed by atoms with van der Waals surface area (Å²) in [6.07, 6.45) is 2.93. The van der Waals surface area contributed by atoms with E-state index in [0.717, 1.165) is 6.42 Å². The first kappa shape index (κ1) is 14.3. The van der Waals surface area contributed by atoms with E-state index in [1.807, 2.05) is 18.3 Å². The molecule has 0 aliphatic heterocycles. The maximum atomic E-state index is 4.22. The van der Waals surface area contributed by atoms with Gasteiger partial charge in [-0.25, -0.2) is 0 Å². The third-order valence-electron chi connectivity index (χ3n) is 1.34. The van der Waals surface area contributed by atoms with Gasteiger partial charge in [-0.3, -0.25) is 4.98 Å². The number of nitrogens with zero attached hydrogens (tertiary/aromatic N) is 1. The van der Waals surface area contributed by atoms with Gasteiger partial charge in [0.05, 0.1) is 0 Å². The first-order valence-corrected chi connectivity index (χ1v) is 3.69. The van der Waals surface area contributed by atoms with Crippen LogP contribution in [-0.4, -0.2) is 4.98 Å². The van der Waals surface area contributed by atoms with Crippen molar-refractivity contribution in [3.05, 3.63) is 30.1 Å². The van der Waals surface area contributed by atoms with Crippen molar-refractivity contribution >= 4 is 24.8 Å². The van der Waals surface area contributed by atoms with Crippen LogP contribution in [0, 0.1) is 5.92 Å². The molecule has 0 saturated carbocycles. The fourth-order valence-electron chi connectivity index (χ4n) is 0.937. The van der Waals surface area contributed by atoms with Crippen molar-refractivity contribution in [1.82, 2.24) is 4.98 Å². The van der Waals surface area contributed by atoms with Gasteiger partial charge in [-0.1, -0.05) is 19.9 Å². The second-order valence-corrected chi connectivity index (χ2v) is 2.92. The Kier molecular flexibility index (Phi) is 8.78. The monoisotopic (exact) mass is 207 g/mol. The molecule has 0 aliphatic carbocycles. The number of pyridine rings is 1. The lowest BCUT2D eigenvalue weighted by molar-refractivity contribution is 0.635. The van der Waals surface area contributed by atoms with E-state index in [-0.39, 0.29) is 24.8 Å². The summed E-state index contributed by atoms with van der Waals surface area (Å²) in [4.78, 5) is 4.22. The molecule has 0 atom stereocenters. The number of rotatable bonds is 2. The molecule has 0 spiro atoms. The highest BCUT2D eigenvalue weighted by Crippen LogP contribution is 2.02. The zero-order valence-corrected chi connectivity index (χ0v) is 8.99. The van der Waals surface area contributed by atoms with Crippen molar-refractivity contribution in [3.8, 4) is 0 Å². The van der Waals surface area contributed by atoms with Gasteiger partial charge in [-0.15, -0.1) is 24.8 Å². The van der Waals surface area contributed by atoms with Gasteiger partial charge in [0, 0.05) is 11.9 Å². The molecule has 0 unspecified atom stereocenters. The molecule has 0 aliphatic rings. The molecule has 0 aromatic carbocycles. The summed E-state index contributed by atoms with van der Waals surface area (Å²) in [7, 11) is 0. The highest BCUT2D eigenvalue weighted by atomic mass is 35.5. The van der Waals surface area contributed by atoms with E-state index in [0.29, 0.717) is 5.92 Å². The minimum Gasteiger partial charge on any atom is -0.261 e. The van der Waals surface area contributed by atoms with E-state index in [1.165, 1.54) is 5.69 Å². The van der Waals surface area contributed by atoms with Crippen LogP contribution in [0.5, 0.6) is 0 Å². The van der Waals surface area contributed by atoms with Crippen molar-refractivity contribution in [2.24, 2.45) is 5.92 Å². The summed E-state index contributed by atoms with van der Waals surface area (Å²) >= 11 is 0. The Bertz CT molecular complexity index is 187. The number of hydrogen-bond donors (Lipinski definition) is 0. The molecule has 0 radical (unpaired) electrons. The molecule has 12 heavy (non-hydrogen) atoms. The first-order chi connectivity index (χ1) is 4.79. The minimum absolute atomic E-state index is 0. The molecular formula is C9H15Cl2N. The Hall–Kier alpha value is -0.270. The van der Waals surface area contributed by atoms with Gasteiger partial charge in [0.15, 0.2) is 0 Å². The third-order valence-corrected chi connectivity index (χ3v) is 1.34. The third kappa shape index (κ3) is 5.39. The Morgan fingerprint density at radius 1 is 1.25 bits per heavy atom. The zero-order chi connectivity index (χ0) is 7.40. The maximum absolute atomic E-state index is 4.22. The van der Waals surface area contributed by atoms with E-state index in [1.54, 1.807) is 0 Å².